The van der Waals surface area contributed by atoms with E-state index in [4.69, 9.17) is 4.42 Å². The minimum atomic E-state index is -4.39. The number of hydrogen-bond donors (Lipinski definition) is 0. The smallest absolute Gasteiger partial charge is 0.416 e. The molecule has 0 radical (unpaired) electrons. The Morgan fingerprint density at radius 2 is 1.55 bits per heavy atom. The maximum absolute atomic E-state index is 13.0. The van der Waals surface area contributed by atoms with Gasteiger partial charge in [0.25, 0.3) is 0 Å². The third kappa shape index (κ3) is 3.82. The van der Waals surface area contributed by atoms with Gasteiger partial charge in [0.1, 0.15) is 11.2 Å². The van der Waals surface area contributed by atoms with Gasteiger partial charge >= 0.3 is 6.18 Å². The summed E-state index contributed by atoms with van der Waals surface area (Å²) in [7, 11) is 0. The molecule has 0 saturated carbocycles. The summed E-state index contributed by atoms with van der Waals surface area (Å²) in [5, 5.41) is 4.65. The molecule has 4 nitrogen and oxygen atoms in total. The SMILES string of the molecule is FC(F)(F)c1ccc(-c2nn(Cc3ccccc3)cc2-c2nc3ccccc3o2)cc1. The fraction of sp³-hybridized carbons (Fsp3) is 0.0833. The van der Waals surface area contributed by atoms with E-state index in [1.54, 1.807) is 4.68 Å². The van der Waals surface area contributed by atoms with Crippen molar-refractivity contribution in [2.24, 2.45) is 0 Å². The summed E-state index contributed by atoms with van der Waals surface area (Å²) in [6.45, 7) is 0.509. The highest BCUT2D eigenvalue weighted by molar-refractivity contribution is 5.81. The third-order valence-corrected chi connectivity index (χ3v) is 4.96. The molecular weight excluding hydrogens is 403 g/mol. The van der Waals surface area contributed by atoms with Gasteiger partial charge in [-0.25, -0.2) is 4.98 Å². The van der Waals surface area contributed by atoms with Crippen molar-refractivity contribution in [1.82, 2.24) is 14.8 Å². The average molecular weight is 419 g/mol. The quantitative estimate of drug-likeness (QED) is 0.337. The Balaban J connectivity index is 1.61. The van der Waals surface area contributed by atoms with Crippen molar-refractivity contribution in [3.63, 3.8) is 0 Å². The van der Waals surface area contributed by atoms with Gasteiger partial charge in [-0.1, -0.05) is 54.6 Å². The Hall–Kier alpha value is -3.87. The highest BCUT2D eigenvalue weighted by Crippen LogP contribution is 2.35. The van der Waals surface area contributed by atoms with Crippen LogP contribution >= 0.6 is 0 Å². The lowest BCUT2D eigenvalue weighted by Gasteiger charge is -2.07. The standard InChI is InChI=1S/C24H16F3N3O/c25-24(26,27)18-12-10-17(11-13-18)22-19(23-28-20-8-4-5-9-21(20)31-23)15-30(29-22)14-16-6-2-1-3-7-16/h1-13,15H,14H2. The molecule has 3 aromatic carbocycles. The molecule has 2 heterocycles. The fourth-order valence-corrected chi connectivity index (χ4v) is 3.45. The molecule has 154 valence electrons. The van der Waals surface area contributed by atoms with Crippen LogP contribution < -0.4 is 0 Å². The first-order valence-corrected chi connectivity index (χ1v) is 9.62. The molecule has 0 amide bonds. The van der Waals surface area contributed by atoms with Crippen LogP contribution in [0.3, 0.4) is 0 Å². The normalized spacial score (nSPS) is 11.8. The number of aromatic nitrogens is 3. The molecule has 31 heavy (non-hydrogen) atoms. The van der Waals surface area contributed by atoms with E-state index < -0.39 is 11.7 Å². The maximum atomic E-state index is 13.0. The molecule has 7 heteroatoms. The number of para-hydroxylation sites is 2. The zero-order chi connectivity index (χ0) is 21.4. The first kappa shape index (κ1) is 19.1. The van der Waals surface area contributed by atoms with E-state index in [0.717, 1.165) is 17.7 Å². The van der Waals surface area contributed by atoms with Gasteiger partial charge in [0.05, 0.1) is 17.7 Å². The number of benzene rings is 3. The first-order valence-electron chi connectivity index (χ1n) is 9.62. The second-order valence-corrected chi connectivity index (χ2v) is 7.14. The van der Waals surface area contributed by atoms with Gasteiger partial charge in [0, 0.05) is 11.8 Å². The molecule has 5 rings (SSSR count). The molecule has 2 aromatic heterocycles. The summed E-state index contributed by atoms with van der Waals surface area (Å²) in [5.74, 6) is 0.371. The topological polar surface area (TPSA) is 43.9 Å². The van der Waals surface area contributed by atoms with Gasteiger partial charge in [-0.15, -0.1) is 0 Å². The van der Waals surface area contributed by atoms with E-state index in [9.17, 15) is 13.2 Å². The number of nitrogens with zero attached hydrogens (tertiary/aromatic N) is 3. The number of alkyl halides is 3. The Morgan fingerprint density at radius 1 is 0.839 bits per heavy atom. The lowest BCUT2D eigenvalue weighted by atomic mass is 10.1. The van der Waals surface area contributed by atoms with Crippen molar-refractivity contribution >= 4 is 11.1 Å². The van der Waals surface area contributed by atoms with Gasteiger partial charge in [0.2, 0.25) is 5.89 Å². The lowest BCUT2D eigenvalue weighted by Crippen LogP contribution is -2.04. The molecule has 5 aromatic rings. The van der Waals surface area contributed by atoms with Gasteiger partial charge in [-0.2, -0.15) is 18.3 Å². The summed E-state index contributed by atoms with van der Waals surface area (Å²) < 4.78 is 46.6. The Morgan fingerprint density at radius 3 is 2.26 bits per heavy atom. The molecule has 0 unspecified atom stereocenters. The van der Waals surface area contributed by atoms with E-state index in [-0.39, 0.29) is 0 Å². The summed E-state index contributed by atoms with van der Waals surface area (Å²) >= 11 is 0. The molecule has 0 fully saturated rings. The molecule has 0 aliphatic heterocycles. The summed E-state index contributed by atoms with van der Waals surface area (Å²) in [4.78, 5) is 4.55. The Bertz CT molecular complexity index is 1300. The van der Waals surface area contributed by atoms with Crippen LogP contribution in [0.1, 0.15) is 11.1 Å². The predicted octanol–water partition coefficient (Wildman–Crippen LogP) is 6.43. The second-order valence-electron chi connectivity index (χ2n) is 7.14. The molecule has 0 aliphatic rings. The zero-order valence-corrected chi connectivity index (χ0v) is 16.2. The van der Waals surface area contributed by atoms with Crippen molar-refractivity contribution in [3.05, 3.63) is 96.2 Å². The molecule has 0 spiro atoms. The van der Waals surface area contributed by atoms with Crippen molar-refractivity contribution in [1.29, 1.82) is 0 Å². The number of oxazole rings is 1. The summed E-state index contributed by atoms with van der Waals surface area (Å²) in [6.07, 6.45) is -2.58. The van der Waals surface area contributed by atoms with E-state index in [1.165, 1.54) is 12.1 Å². The van der Waals surface area contributed by atoms with E-state index in [2.05, 4.69) is 10.1 Å². The zero-order valence-electron chi connectivity index (χ0n) is 16.2. The van der Waals surface area contributed by atoms with Gasteiger partial charge in [-0.3, -0.25) is 4.68 Å². The molecule has 0 aliphatic carbocycles. The third-order valence-electron chi connectivity index (χ3n) is 4.96. The molecule has 0 N–H and O–H groups in total. The number of halogens is 3. The van der Waals surface area contributed by atoms with Crippen LogP contribution in [0, 0.1) is 0 Å². The Kier molecular flexibility index (Phi) is 4.58. The molecule has 0 atom stereocenters. The fourth-order valence-electron chi connectivity index (χ4n) is 3.45. The monoisotopic (exact) mass is 419 g/mol. The highest BCUT2D eigenvalue weighted by atomic mass is 19.4. The number of fused-ring (bicyclic) bond motifs is 1. The molecular formula is C24H16F3N3O. The van der Waals surface area contributed by atoms with Gasteiger partial charge in [0.15, 0.2) is 5.58 Å². The van der Waals surface area contributed by atoms with E-state index in [0.29, 0.717) is 40.4 Å². The number of hydrogen-bond acceptors (Lipinski definition) is 3. The Labute approximate surface area is 175 Å². The van der Waals surface area contributed by atoms with Crippen LogP contribution in [0.2, 0.25) is 0 Å². The minimum absolute atomic E-state index is 0.371. The van der Waals surface area contributed by atoms with Crippen molar-refractivity contribution in [2.45, 2.75) is 12.7 Å². The van der Waals surface area contributed by atoms with Crippen molar-refractivity contribution in [2.75, 3.05) is 0 Å². The first-order chi connectivity index (χ1) is 15.0. The van der Waals surface area contributed by atoms with Crippen LogP contribution in [-0.4, -0.2) is 14.8 Å². The van der Waals surface area contributed by atoms with Crippen molar-refractivity contribution in [3.8, 4) is 22.7 Å². The van der Waals surface area contributed by atoms with Crippen molar-refractivity contribution < 1.29 is 17.6 Å². The van der Waals surface area contributed by atoms with E-state index in [1.807, 2.05) is 60.8 Å². The van der Waals surface area contributed by atoms with Crippen LogP contribution in [0.15, 0.2) is 89.5 Å². The minimum Gasteiger partial charge on any atom is -0.436 e. The second kappa shape index (κ2) is 7.43. The predicted molar refractivity (Wildman–Crippen MR) is 111 cm³/mol. The summed E-state index contributed by atoms with van der Waals surface area (Å²) in [6, 6.07) is 22.1. The maximum Gasteiger partial charge on any atom is 0.416 e. The van der Waals surface area contributed by atoms with Crippen LogP contribution in [0.5, 0.6) is 0 Å². The summed E-state index contributed by atoms with van der Waals surface area (Å²) in [5.41, 5.74) is 3.36. The molecule has 0 saturated heterocycles. The number of rotatable bonds is 4. The van der Waals surface area contributed by atoms with Gasteiger partial charge in [-0.05, 0) is 29.8 Å². The van der Waals surface area contributed by atoms with Crippen LogP contribution in [0.25, 0.3) is 33.8 Å². The van der Waals surface area contributed by atoms with E-state index >= 15 is 0 Å². The van der Waals surface area contributed by atoms with Gasteiger partial charge < -0.3 is 4.42 Å². The molecule has 0 bridgehead atoms. The lowest BCUT2D eigenvalue weighted by molar-refractivity contribution is -0.137. The average Bonchev–Trinajstić information content (AvgIpc) is 3.38. The van der Waals surface area contributed by atoms with Crippen LogP contribution in [0.4, 0.5) is 13.2 Å². The highest BCUT2D eigenvalue weighted by Gasteiger charge is 2.30. The largest absolute Gasteiger partial charge is 0.436 e. The van der Waals surface area contributed by atoms with Crippen LogP contribution in [-0.2, 0) is 12.7 Å².